The zero-order valence-electron chi connectivity index (χ0n) is 15.9. The van der Waals surface area contributed by atoms with Gasteiger partial charge in [0.15, 0.2) is 5.96 Å². The summed E-state index contributed by atoms with van der Waals surface area (Å²) in [5, 5.41) is 11.2. The van der Waals surface area contributed by atoms with E-state index in [1.54, 1.807) is 11.3 Å². The average Bonchev–Trinajstić information content (AvgIpc) is 3.28. The van der Waals surface area contributed by atoms with E-state index in [4.69, 9.17) is 0 Å². The molecule has 148 valence electrons. The topological polar surface area (TPSA) is 52.6 Å². The van der Waals surface area contributed by atoms with E-state index in [9.17, 15) is 0 Å². The highest BCUT2D eigenvalue weighted by atomic mass is 127. The molecule has 2 N–H and O–H groups in total. The van der Waals surface area contributed by atoms with Crippen LogP contribution in [0.1, 0.15) is 36.4 Å². The summed E-state index contributed by atoms with van der Waals surface area (Å²) in [6.45, 7) is 7.50. The number of aryl methyl sites for hydroxylation is 1. The van der Waals surface area contributed by atoms with E-state index in [0.717, 1.165) is 36.8 Å². The van der Waals surface area contributed by atoms with Gasteiger partial charge in [0.05, 0.1) is 10.7 Å². The van der Waals surface area contributed by atoms with E-state index in [2.05, 4.69) is 49.6 Å². The highest BCUT2D eigenvalue weighted by Crippen LogP contribution is 2.25. The highest BCUT2D eigenvalue weighted by molar-refractivity contribution is 14.0. The van der Waals surface area contributed by atoms with Crippen LogP contribution in [0.25, 0.3) is 0 Å². The number of hydrogen-bond acceptors (Lipinski definition) is 5. The van der Waals surface area contributed by atoms with Gasteiger partial charge in [-0.05, 0) is 57.4 Å². The molecule has 0 amide bonds. The zero-order chi connectivity index (χ0) is 17.5. The molecule has 3 heterocycles. The Bertz CT molecular complexity index is 552. The van der Waals surface area contributed by atoms with Crippen molar-refractivity contribution >= 4 is 53.0 Å². The van der Waals surface area contributed by atoms with Gasteiger partial charge in [0.2, 0.25) is 0 Å². The van der Waals surface area contributed by atoms with Gasteiger partial charge in [0.25, 0.3) is 0 Å². The Kier molecular flexibility index (Phi) is 10.0. The lowest BCUT2D eigenvalue weighted by Gasteiger charge is -2.31. The van der Waals surface area contributed by atoms with Crippen LogP contribution in [0.15, 0.2) is 10.4 Å². The molecule has 0 aliphatic carbocycles. The summed E-state index contributed by atoms with van der Waals surface area (Å²) in [4.78, 5) is 11.5. The summed E-state index contributed by atoms with van der Waals surface area (Å²) in [6, 6.07) is 0. The Morgan fingerprint density at radius 2 is 2.04 bits per heavy atom. The number of nitrogens with zero attached hydrogens (tertiary/aromatic N) is 3. The molecule has 1 aromatic heterocycles. The molecule has 2 fully saturated rings. The van der Waals surface area contributed by atoms with Gasteiger partial charge >= 0.3 is 0 Å². The van der Waals surface area contributed by atoms with Crippen LogP contribution < -0.4 is 10.6 Å². The van der Waals surface area contributed by atoms with Crippen molar-refractivity contribution in [3.05, 3.63) is 16.1 Å². The molecule has 2 saturated heterocycles. The molecule has 8 heteroatoms. The zero-order valence-corrected chi connectivity index (χ0v) is 19.8. The fourth-order valence-electron chi connectivity index (χ4n) is 3.54. The second kappa shape index (κ2) is 11.7. The standard InChI is InChI=1S/C18H31N5S2.HI/c1-14-22-16(13-25-14)12-23-7-5-15(6-8-23)10-20-18(19-2)21-11-17-4-3-9-24-17;/h13,15,17H,3-12H2,1-2H3,(H2,19,20,21);1H. The minimum Gasteiger partial charge on any atom is -0.356 e. The lowest BCUT2D eigenvalue weighted by molar-refractivity contribution is 0.176. The third-order valence-corrected chi connectivity index (χ3v) is 7.28. The van der Waals surface area contributed by atoms with Crippen molar-refractivity contribution in [2.75, 3.05) is 39.0 Å². The molecule has 5 nitrogen and oxygen atoms in total. The number of hydrogen-bond donors (Lipinski definition) is 2. The molecule has 1 atom stereocenters. The summed E-state index contributed by atoms with van der Waals surface area (Å²) in [7, 11) is 1.87. The van der Waals surface area contributed by atoms with E-state index in [0.29, 0.717) is 0 Å². The molecular weight excluding hydrogens is 477 g/mol. The first-order valence-electron chi connectivity index (χ1n) is 9.42. The largest absolute Gasteiger partial charge is 0.356 e. The molecule has 1 aromatic rings. The lowest BCUT2D eigenvalue weighted by Crippen LogP contribution is -2.44. The van der Waals surface area contributed by atoms with Crippen LogP contribution in [0.4, 0.5) is 0 Å². The maximum Gasteiger partial charge on any atom is 0.191 e. The van der Waals surface area contributed by atoms with Crippen molar-refractivity contribution in [2.24, 2.45) is 10.9 Å². The Balaban J connectivity index is 0.00000243. The number of guanidine groups is 1. The van der Waals surface area contributed by atoms with E-state index in [1.165, 1.54) is 55.2 Å². The first-order chi connectivity index (χ1) is 12.2. The first kappa shape index (κ1) is 22.2. The van der Waals surface area contributed by atoms with Crippen molar-refractivity contribution in [3.8, 4) is 0 Å². The summed E-state index contributed by atoms with van der Waals surface area (Å²) in [5.41, 5.74) is 1.23. The third-order valence-electron chi connectivity index (χ3n) is 5.06. The minimum absolute atomic E-state index is 0. The lowest BCUT2D eigenvalue weighted by atomic mass is 9.97. The molecule has 1 unspecified atom stereocenters. The number of thiazole rings is 1. The molecule has 0 radical (unpaired) electrons. The summed E-state index contributed by atoms with van der Waals surface area (Å²) in [5.74, 6) is 3.03. The number of aliphatic imine (C=N–C) groups is 1. The maximum absolute atomic E-state index is 4.59. The van der Waals surface area contributed by atoms with Crippen molar-refractivity contribution in [1.29, 1.82) is 0 Å². The maximum atomic E-state index is 4.59. The van der Waals surface area contributed by atoms with Gasteiger partial charge in [-0.1, -0.05) is 0 Å². The van der Waals surface area contributed by atoms with Crippen LogP contribution >= 0.6 is 47.1 Å². The number of thioether (sulfide) groups is 1. The van der Waals surface area contributed by atoms with Gasteiger partial charge < -0.3 is 10.6 Å². The van der Waals surface area contributed by atoms with Gasteiger partial charge in [0, 0.05) is 37.3 Å². The predicted molar refractivity (Wildman–Crippen MR) is 125 cm³/mol. The summed E-state index contributed by atoms with van der Waals surface area (Å²) >= 11 is 3.84. The number of aromatic nitrogens is 1. The van der Waals surface area contributed by atoms with Crippen LogP contribution in [0.2, 0.25) is 0 Å². The second-order valence-corrected chi connectivity index (χ2v) is 9.52. The van der Waals surface area contributed by atoms with Crippen LogP contribution in [-0.2, 0) is 6.54 Å². The summed E-state index contributed by atoms with van der Waals surface area (Å²) < 4.78 is 0. The SMILES string of the molecule is CN=C(NCC1CCN(Cc2csc(C)n2)CC1)NCC1CCCS1.I. The number of halogens is 1. The second-order valence-electron chi connectivity index (χ2n) is 7.05. The number of piperidine rings is 1. The van der Waals surface area contributed by atoms with Crippen molar-refractivity contribution in [3.63, 3.8) is 0 Å². The van der Waals surface area contributed by atoms with E-state index < -0.39 is 0 Å². The molecule has 2 aliphatic rings. The molecule has 0 spiro atoms. The van der Waals surface area contributed by atoms with Gasteiger partial charge in [-0.15, -0.1) is 35.3 Å². The smallest absolute Gasteiger partial charge is 0.191 e. The number of rotatable bonds is 6. The number of likely N-dealkylation sites (tertiary alicyclic amines) is 1. The predicted octanol–water partition coefficient (Wildman–Crippen LogP) is 3.34. The van der Waals surface area contributed by atoms with Gasteiger partial charge in [-0.25, -0.2) is 4.98 Å². The Morgan fingerprint density at radius 1 is 1.27 bits per heavy atom. The quantitative estimate of drug-likeness (QED) is 0.350. The Labute approximate surface area is 183 Å². The molecular formula is C18H32IN5S2. The molecule has 0 saturated carbocycles. The molecule has 0 bridgehead atoms. The van der Waals surface area contributed by atoms with Crippen LogP contribution in [0, 0.1) is 12.8 Å². The first-order valence-corrected chi connectivity index (χ1v) is 11.3. The van der Waals surface area contributed by atoms with Crippen LogP contribution in [0.3, 0.4) is 0 Å². The minimum atomic E-state index is 0. The fraction of sp³-hybridized carbons (Fsp3) is 0.778. The van der Waals surface area contributed by atoms with E-state index in [1.807, 2.05) is 7.05 Å². The average molecular weight is 510 g/mol. The molecule has 3 rings (SSSR count). The van der Waals surface area contributed by atoms with Gasteiger partial charge in [0.1, 0.15) is 0 Å². The van der Waals surface area contributed by atoms with Crippen molar-refractivity contribution in [1.82, 2.24) is 20.5 Å². The summed E-state index contributed by atoms with van der Waals surface area (Å²) in [6.07, 6.45) is 5.21. The van der Waals surface area contributed by atoms with Gasteiger partial charge in [-0.3, -0.25) is 9.89 Å². The Morgan fingerprint density at radius 3 is 2.65 bits per heavy atom. The Hall–Kier alpha value is -0.0600. The van der Waals surface area contributed by atoms with Crippen molar-refractivity contribution in [2.45, 2.75) is 44.4 Å². The number of nitrogens with one attached hydrogen (secondary N) is 2. The van der Waals surface area contributed by atoms with Crippen LogP contribution in [0.5, 0.6) is 0 Å². The van der Waals surface area contributed by atoms with Gasteiger partial charge in [-0.2, -0.15) is 11.8 Å². The van der Waals surface area contributed by atoms with Crippen LogP contribution in [-0.4, -0.2) is 60.1 Å². The highest BCUT2D eigenvalue weighted by Gasteiger charge is 2.20. The third kappa shape index (κ3) is 7.16. The normalized spacial score (nSPS) is 22.2. The molecule has 0 aromatic carbocycles. The monoisotopic (exact) mass is 509 g/mol. The fourth-order valence-corrected chi connectivity index (χ4v) is 5.34. The molecule has 2 aliphatic heterocycles. The van der Waals surface area contributed by atoms with E-state index in [-0.39, 0.29) is 24.0 Å². The van der Waals surface area contributed by atoms with Crippen molar-refractivity contribution < 1.29 is 0 Å². The molecule has 26 heavy (non-hydrogen) atoms. The van der Waals surface area contributed by atoms with E-state index >= 15 is 0 Å².